The van der Waals surface area contributed by atoms with E-state index in [0.717, 1.165) is 6.42 Å². The predicted octanol–water partition coefficient (Wildman–Crippen LogP) is 11.0. The fourth-order valence-corrected chi connectivity index (χ4v) is 6.72. The van der Waals surface area contributed by atoms with Crippen LogP contribution in [0.5, 0.6) is 0 Å². The van der Waals surface area contributed by atoms with Crippen LogP contribution in [-0.4, -0.2) is 0 Å². The van der Waals surface area contributed by atoms with Gasteiger partial charge in [0.1, 0.15) is 0 Å². The van der Waals surface area contributed by atoms with E-state index in [2.05, 4.69) is 160 Å². The zero-order chi connectivity index (χ0) is 28.6. The number of hydrogen-bond donors (Lipinski definition) is 0. The number of aryl methyl sites for hydroxylation is 2. The van der Waals surface area contributed by atoms with Gasteiger partial charge in [-0.05, 0) is 110 Å². The van der Waals surface area contributed by atoms with Gasteiger partial charge in [-0.2, -0.15) is 0 Å². The standard InChI is InChI=1S/C42H34/c1-28-14-4-8-18-34(28)41-30(3)36-20-10-11-21-37(36)40(27-31-24-25-32-16-6-7-17-33(32)26-31)42(35-19-9-5-15-29(35)2)39-23-13-12-22-38(39)41/h4-26H,27H2,1-3H3/b36-30?,40-37?,41-30-,41-38?,42-39?,42-40-. The van der Waals surface area contributed by atoms with E-state index >= 15 is 0 Å². The zero-order valence-corrected chi connectivity index (χ0v) is 24.5. The largest absolute Gasteiger partial charge is 0.0620 e. The molecule has 202 valence electrons. The van der Waals surface area contributed by atoms with Crippen LogP contribution in [0.25, 0.3) is 33.1 Å². The Bertz CT molecular complexity index is 2030. The molecule has 7 rings (SSSR count). The van der Waals surface area contributed by atoms with E-state index in [-0.39, 0.29) is 0 Å². The first-order valence-electron chi connectivity index (χ1n) is 14.8. The lowest BCUT2D eigenvalue weighted by molar-refractivity contribution is 1.27. The Labute approximate surface area is 249 Å². The SMILES string of the molecule is C/C1=C(\c2ccccc2C)c2ccccc2/C(c2ccccc2C)=C(/Cc2ccc3ccccc3c2)c2ccccc21. The van der Waals surface area contributed by atoms with Crippen molar-refractivity contribution in [3.63, 3.8) is 0 Å². The van der Waals surface area contributed by atoms with Crippen molar-refractivity contribution in [2.24, 2.45) is 0 Å². The van der Waals surface area contributed by atoms with Crippen LogP contribution in [0, 0.1) is 13.8 Å². The third-order valence-electron chi connectivity index (χ3n) is 8.82. The summed E-state index contributed by atoms with van der Waals surface area (Å²) in [7, 11) is 0. The van der Waals surface area contributed by atoms with Crippen LogP contribution in [0.4, 0.5) is 0 Å². The van der Waals surface area contributed by atoms with Gasteiger partial charge in [-0.3, -0.25) is 0 Å². The highest BCUT2D eigenvalue weighted by atomic mass is 14.3. The number of allylic oxidation sites excluding steroid dienone is 2. The molecule has 0 saturated heterocycles. The molecular formula is C42H34. The summed E-state index contributed by atoms with van der Waals surface area (Å²) in [6.07, 6.45) is 0.840. The van der Waals surface area contributed by atoms with Gasteiger partial charge in [-0.25, -0.2) is 0 Å². The Morgan fingerprint density at radius 2 is 0.857 bits per heavy atom. The molecule has 6 aromatic rings. The summed E-state index contributed by atoms with van der Waals surface area (Å²) < 4.78 is 0. The molecule has 0 N–H and O–H groups in total. The van der Waals surface area contributed by atoms with E-state index in [9.17, 15) is 0 Å². The lowest BCUT2D eigenvalue weighted by atomic mass is 9.75. The fourth-order valence-electron chi connectivity index (χ4n) is 6.72. The minimum absolute atomic E-state index is 0.840. The Hall–Kier alpha value is -4.94. The van der Waals surface area contributed by atoms with Gasteiger partial charge < -0.3 is 0 Å². The van der Waals surface area contributed by atoms with E-state index in [1.165, 1.54) is 83.1 Å². The van der Waals surface area contributed by atoms with Crippen LogP contribution in [0.1, 0.15) is 57.0 Å². The molecular weight excluding hydrogens is 504 g/mol. The van der Waals surface area contributed by atoms with E-state index in [4.69, 9.17) is 0 Å². The van der Waals surface area contributed by atoms with Crippen molar-refractivity contribution in [1.29, 1.82) is 0 Å². The lowest BCUT2D eigenvalue weighted by Crippen LogP contribution is -2.09. The third-order valence-corrected chi connectivity index (χ3v) is 8.82. The molecule has 0 aromatic heterocycles. The number of fused-ring (bicyclic) bond motifs is 3. The van der Waals surface area contributed by atoms with Gasteiger partial charge in [0, 0.05) is 0 Å². The maximum atomic E-state index is 2.37. The maximum absolute atomic E-state index is 2.37. The fraction of sp³-hybridized carbons (Fsp3) is 0.0952. The van der Waals surface area contributed by atoms with Crippen LogP contribution in [0.2, 0.25) is 0 Å². The topological polar surface area (TPSA) is 0 Å². The molecule has 0 saturated carbocycles. The van der Waals surface area contributed by atoms with Crippen LogP contribution >= 0.6 is 0 Å². The first-order valence-corrected chi connectivity index (χ1v) is 14.8. The second-order valence-corrected chi connectivity index (χ2v) is 11.4. The minimum atomic E-state index is 0.840. The van der Waals surface area contributed by atoms with Crippen molar-refractivity contribution in [1.82, 2.24) is 0 Å². The van der Waals surface area contributed by atoms with Crippen LogP contribution in [-0.2, 0) is 6.42 Å². The first-order chi connectivity index (χ1) is 20.6. The highest BCUT2D eigenvalue weighted by Gasteiger charge is 2.26. The molecule has 0 bridgehead atoms. The molecule has 0 aliphatic heterocycles. The number of hydrogen-bond acceptors (Lipinski definition) is 0. The summed E-state index contributed by atoms with van der Waals surface area (Å²) in [5.41, 5.74) is 17.0. The van der Waals surface area contributed by atoms with Crippen LogP contribution < -0.4 is 0 Å². The minimum Gasteiger partial charge on any atom is -0.0620 e. The van der Waals surface area contributed by atoms with Crippen LogP contribution in [0.3, 0.4) is 0 Å². The molecule has 1 aliphatic carbocycles. The average Bonchev–Trinajstić information content (AvgIpc) is 3.02. The van der Waals surface area contributed by atoms with Gasteiger partial charge in [0.05, 0.1) is 0 Å². The van der Waals surface area contributed by atoms with Gasteiger partial charge in [-0.15, -0.1) is 0 Å². The van der Waals surface area contributed by atoms with Crippen LogP contribution in [0.15, 0.2) is 140 Å². The Morgan fingerprint density at radius 1 is 0.381 bits per heavy atom. The molecule has 0 fully saturated rings. The Kier molecular flexibility index (Phi) is 6.68. The van der Waals surface area contributed by atoms with Gasteiger partial charge in [-0.1, -0.05) is 140 Å². The molecule has 0 spiro atoms. The zero-order valence-electron chi connectivity index (χ0n) is 24.5. The molecule has 0 nitrogen and oxygen atoms in total. The quantitative estimate of drug-likeness (QED) is 0.209. The molecule has 0 radical (unpaired) electrons. The maximum Gasteiger partial charge on any atom is -0.00130 e. The molecule has 0 atom stereocenters. The second-order valence-electron chi connectivity index (χ2n) is 11.4. The highest BCUT2D eigenvalue weighted by Crippen LogP contribution is 2.46. The van der Waals surface area contributed by atoms with E-state index in [1.54, 1.807) is 0 Å². The van der Waals surface area contributed by atoms with E-state index in [1.807, 2.05) is 0 Å². The smallest absolute Gasteiger partial charge is 0.00130 e. The second kappa shape index (κ2) is 10.8. The van der Waals surface area contributed by atoms with Crippen molar-refractivity contribution in [2.45, 2.75) is 27.2 Å². The summed E-state index contributed by atoms with van der Waals surface area (Å²) >= 11 is 0. The summed E-state index contributed by atoms with van der Waals surface area (Å²) in [5.74, 6) is 0. The van der Waals surface area contributed by atoms with Crippen molar-refractivity contribution < 1.29 is 0 Å². The van der Waals surface area contributed by atoms with Gasteiger partial charge in [0.2, 0.25) is 0 Å². The van der Waals surface area contributed by atoms with Crippen molar-refractivity contribution >= 4 is 33.1 Å². The van der Waals surface area contributed by atoms with Gasteiger partial charge in [0.25, 0.3) is 0 Å². The Morgan fingerprint density at radius 3 is 1.50 bits per heavy atom. The summed E-state index contributed by atoms with van der Waals surface area (Å²) in [4.78, 5) is 0. The average molecular weight is 539 g/mol. The monoisotopic (exact) mass is 538 g/mol. The summed E-state index contributed by atoms with van der Waals surface area (Å²) in [6.45, 7) is 6.78. The van der Waals surface area contributed by atoms with E-state index in [0.29, 0.717) is 0 Å². The number of benzene rings is 6. The summed E-state index contributed by atoms with van der Waals surface area (Å²) in [6, 6.07) is 51.3. The molecule has 0 heteroatoms. The number of rotatable bonds is 4. The normalized spacial score (nSPS) is 16.5. The van der Waals surface area contributed by atoms with Crippen molar-refractivity contribution in [3.8, 4) is 0 Å². The molecule has 1 aliphatic rings. The molecule has 42 heavy (non-hydrogen) atoms. The first kappa shape index (κ1) is 26.0. The lowest BCUT2D eigenvalue weighted by Gasteiger charge is -2.28. The molecule has 0 amide bonds. The van der Waals surface area contributed by atoms with E-state index < -0.39 is 0 Å². The van der Waals surface area contributed by atoms with Gasteiger partial charge in [0.15, 0.2) is 0 Å². The van der Waals surface area contributed by atoms with Gasteiger partial charge >= 0.3 is 0 Å². The molecule has 6 aromatic carbocycles. The highest BCUT2D eigenvalue weighted by molar-refractivity contribution is 6.11. The Balaban J connectivity index is 1.60. The molecule has 0 heterocycles. The van der Waals surface area contributed by atoms with Crippen molar-refractivity contribution in [2.75, 3.05) is 0 Å². The predicted molar refractivity (Wildman–Crippen MR) is 180 cm³/mol. The third kappa shape index (κ3) is 4.50. The van der Waals surface area contributed by atoms with Crippen molar-refractivity contribution in [3.05, 3.63) is 190 Å². The molecule has 0 unspecified atom stereocenters. The summed E-state index contributed by atoms with van der Waals surface area (Å²) in [5, 5.41) is 2.56.